The van der Waals surface area contributed by atoms with Crippen molar-refractivity contribution in [1.29, 1.82) is 0 Å². The Labute approximate surface area is 123 Å². The first-order valence-corrected chi connectivity index (χ1v) is 7.06. The number of nitrogens with zero attached hydrogens (tertiary/aromatic N) is 2. The topological polar surface area (TPSA) is 51.0 Å². The summed E-state index contributed by atoms with van der Waals surface area (Å²) < 4.78 is 5.65. The molecule has 0 unspecified atom stereocenters. The second-order valence-electron chi connectivity index (χ2n) is 4.77. The second-order valence-corrected chi connectivity index (χ2v) is 4.77. The van der Waals surface area contributed by atoms with E-state index in [0.29, 0.717) is 18.3 Å². The standard InChI is InChI=1S/C17H17N3O/c1-2-13-8-10-15(11-9-13)18-12-16-19-20-17(21-16)14-6-4-3-5-7-14/h3-11,18H,2,12H2,1H3. The molecule has 0 saturated heterocycles. The average molecular weight is 279 g/mol. The van der Waals surface area contributed by atoms with Gasteiger partial charge in [-0.25, -0.2) is 0 Å². The summed E-state index contributed by atoms with van der Waals surface area (Å²) >= 11 is 0. The molecule has 0 spiro atoms. The zero-order valence-corrected chi connectivity index (χ0v) is 11.9. The minimum Gasteiger partial charge on any atom is -0.419 e. The predicted molar refractivity (Wildman–Crippen MR) is 82.9 cm³/mol. The maximum Gasteiger partial charge on any atom is 0.247 e. The van der Waals surface area contributed by atoms with Crippen LogP contribution in [0, 0.1) is 0 Å². The molecule has 0 atom stereocenters. The van der Waals surface area contributed by atoms with Gasteiger partial charge in [0.15, 0.2) is 0 Å². The molecule has 0 fully saturated rings. The molecule has 0 amide bonds. The first-order valence-electron chi connectivity index (χ1n) is 7.06. The van der Waals surface area contributed by atoms with Crippen molar-refractivity contribution < 1.29 is 4.42 Å². The largest absolute Gasteiger partial charge is 0.419 e. The molecule has 3 aromatic rings. The lowest BCUT2D eigenvalue weighted by atomic mass is 10.1. The highest BCUT2D eigenvalue weighted by Crippen LogP contribution is 2.17. The lowest BCUT2D eigenvalue weighted by Gasteiger charge is -2.04. The van der Waals surface area contributed by atoms with Gasteiger partial charge in [0.2, 0.25) is 11.8 Å². The van der Waals surface area contributed by atoms with Crippen molar-refractivity contribution >= 4 is 5.69 Å². The third kappa shape index (κ3) is 3.28. The minimum atomic E-state index is 0.519. The summed E-state index contributed by atoms with van der Waals surface area (Å²) in [6.45, 7) is 2.66. The van der Waals surface area contributed by atoms with E-state index in [1.165, 1.54) is 5.56 Å². The van der Waals surface area contributed by atoms with Gasteiger partial charge < -0.3 is 9.73 Å². The van der Waals surface area contributed by atoms with Crippen LogP contribution in [0.5, 0.6) is 0 Å². The van der Waals surface area contributed by atoms with Crippen molar-refractivity contribution in [2.45, 2.75) is 19.9 Å². The molecule has 1 heterocycles. The van der Waals surface area contributed by atoms with Crippen LogP contribution in [0.3, 0.4) is 0 Å². The molecular weight excluding hydrogens is 262 g/mol. The molecule has 4 nitrogen and oxygen atoms in total. The van der Waals surface area contributed by atoms with Crippen molar-refractivity contribution in [1.82, 2.24) is 10.2 Å². The van der Waals surface area contributed by atoms with Gasteiger partial charge in [-0.05, 0) is 36.2 Å². The number of hydrogen-bond donors (Lipinski definition) is 1. The predicted octanol–water partition coefficient (Wildman–Crippen LogP) is 3.91. The molecule has 106 valence electrons. The fourth-order valence-corrected chi connectivity index (χ4v) is 2.06. The molecule has 3 rings (SSSR count). The number of benzene rings is 2. The van der Waals surface area contributed by atoms with Gasteiger partial charge in [-0.3, -0.25) is 0 Å². The number of aromatic nitrogens is 2. The Bertz CT molecular complexity index is 690. The molecule has 0 aliphatic heterocycles. The van der Waals surface area contributed by atoms with E-state index in [4.69, 9.17) is 4.42 Å². The van der Waals surface area contributed by atoms with Gasteiger partial charge >= 0.3 is 0 Å². The molecule has 2 aromatic carbocycles. The van der Waals surface area contributed by atoms with E-state index in [0.717, 1.165) is 17.7 Å². The summed E-state index contributed by atoms with van der Waals surface area (Å²) in [6, 6.07) is 18.1. The second kappa shape index (κ2) is 6.22. The number of nitrogens with one attached hydrogen (secondary N) is 1. The van der Waals surface area contributed by atoms with Crippen LogP contribution >= 0.6 is 0 Å². The van der Waals surface area contributed by atoms with Gasteiger partial charge in [0.05, 0.1) is 6.54 Å². The van der Waals surface area contributed by atoms with Crippen LogP contribution < -0.4 is 5.32 Å². The SMILES string of the molecule is CCc1ccc(NCc2nnc(-c3ccccc3)o2)cc1. The average Bonchev–Trinajstić information content (AvgIpc) is 3.03. The van der Waals surface area contributed by atoms with E-state index in [-0.39, 0.29) is 0 Å². The lowest BCUT2D eigenvalue weighted by molar-refractivity contribution is 0.515. The highest BCUT2D eigenvalue weighted by Gasteiger charge is 2.07. The summed E-state index contributed by atoms with van der Waals surface area (Å²) in [5.74, 6) is 1.13. The van der Waals surface area contributed by atoms with Crippen molar-refractivity contribution in [3.63, 3.8) is 0 Å². The summed E-state index contributed by atoms with van der Waals surface area (Å²) in [5.41, 5.74) is 3.31. The fourth-order valence-electron chi connectivity index (χ4n) is 2.06. The zero-order chi connectivity index (χ0) is 14.5. The van der Waals surface area contributed by atoms with Crippen LogP contribution in [-0.2, 0) is 13.0 Å². The van der Waals surface area contributed by atoms with E-state index < -0.39 is 0 Å². The third-order valence-corrected chi connectivity index (χ3v) is 3.29. The molecule has 0 bridgehead atoms. The Morgan fingerprint density at radius 3 is 2.43 bits per heavy atom. The van der Waals surface area contributed by atoms with E-state index in [1.54, 1.807) is 0 Å². The molecule has 4 heteroatoms. The minimum absolute atomic E-state index is 0.519. The van der Waals surface area contributed by atoms with Gasteiger partial charge in [-0.15, -0.1) is 10.2 Å². The first-order chi connectivity index (χ1) is 10.3. The summed E-state index contributed by atoms with van der Waals surface area (Å²) in [7, 11) is 0. The van der Waals surface area contributed by atoms with Crippen molar-refractivity contribution in [3.8, 4) is 11.5 Å². The monoisotopic (exact) mass is 279 g/mol. The summed E-state index contributed by atoms with van der Waals surface area (Å²) in [4.78, 5) is 0. The first kappa shape index (κ1) is 13.4. The van der Waals surface area contributed by atoms with E-state index >= 15 is 0 Å². The van der Waals surface area contributed by atoms with Crippen LogP contribution in [-0.4, -0.2) is 10.2 Å². The summed E-state index contributed by atoms with van der Waals surface area (Å²) in [6.07, 6.45) is 1.05. The Morgan fingerprint density at radius 1 is 0.952 bits per heavy atom. The van der Waals surface area contributed by atoms with Gasteiger partial charge in [-0.2, -0.15) is 0 Å². The Morgan fingerprint density at radius 2 is 1.71 bits per heavy atom. The smallest absolute Gasteiger partial charge is 0.247 e. The third-order valence-electron chi connectivity index (χ3n) is 3.29. The number of aryl methyl sites for hydroxylation is 1. The molecular formula is C17H17N3O. The van der Waals surface area contributed by atoms with E-state index in [9.17, 15) is 0 Å². The normalized spacial score (nSPS) is 10.5. The van der Waals surface area contributed by atoms with Crippen molar-refractivity contribution in [2.24, 2.45) is 0 Å². The lowest BCUT2D eigenvalue weighted by Crippen LogP contribution is -1.99. The highest BCUT2D eigenvalue weighted by molar-refractivity contribution is 5.51. The maximum absolute atomic E-state index is 5.65. The fraction of sp³-hybridized carbons (Fsp3) is 0.176. The molecule has 0 aliphatic carbocycles. The Hall–Kier alpha value is -2.62. The van der Waals surface area contributed by atoms with Gasteiger partial charge in [0.25, 0.3) is 0 Å². The molecule has 0 saturated carbocycles. The number of anilines is 1. The Balaban J connectivity index is 1.64. The number of rotatable bonds is 5. The van der Waals surface area contributed by atoms with Crippen LogP contribution in [0.25, 0.3) is 11.5 Å². The van der Waals surface area contributed by atoms with Gasteiger partial charge in [0, 0.05) is 11.3 Å². The van der Waals surface area contributed by atoms with Crippen LogP contribution in [0.2, 0.25) is 0 Å². The van der Waals surface area contributed by atoms with Gasteiger partial charge in [0.1, 0.15) is 0 Å². The quantitative estimate of drug-likeness (QED) is 0.769. The highest BCUT2D eigenvalue weighted by atomic mass is 16.4. The maximum atomic E-state index is 5.65. The van der Waals surface area contributed by atoms with Crippen LogP contribution in [0.1, 0.15) is 18.4 Å². The Kier molecular flexibility index (Phi) is 3.96. The number of hydrogen-bond acceptors (Lipinski definition) is 4. The molecule has 1 aromatic heterocycles. The molecule has 0 radical (unpaired) electrons. The molecule has 1 N–H and O–H groups in total. The molecule has 21 heavy (non-hydrogen) atoms. The van der Waals surface area contributed by atoms with E-state index in [1.807, 2.05) is 30.3 Å². The van der Waals surface area contributed by atoms with Crippen LogP contribution in [0.15, 0.2) is 59.0 Å². The van der Waals surface area contributed by atoms with Crippen LogP contribution in [0.4, 0.5) is 5.69 Å². The van der Waals surface area contributed by atoms with Gasteiger partial charge in [-0.1, -0.05) is 37.3 Å². The summed E-state index contributed by atoms with van der Waals surface area (Å²) in [5, 5.41) is 11.4. The van der Waals surface area contributed by atoms with Crippen molar-refractivity contribution in [2.75, 3.05) is 5.32 Å². The zero-order valence-electron chi connectivity index (χ0n) is 11.9. The molecule has 0 aliphatic rings. The van der Waals surface area contributed by atoms with Crippen molar-refractivity contribution in [3.05, 3.63) is 66.1 Å². The van der Waals surface area contributed by atoms with E-state index in [2.05, 4.69) is 46.7 Å².